The molecule has 0 aromatic heterocycles. The van der Waals surface area contributed by atoms with Crippen molar-refractivity contribution in [1.29, 1.82) is 0 Å². The molecule has 2 rings (SSSR count). The number of anilines is 1. The van der Waals surface area contributed by atoms with E-state index in [0.29, 0.717) is 5.69 Å². The number of sulfone groups is 1. The maximum absolute atomic E-state index is 11.5. The molecule has 0 aliphatic carbocycles. The smallest absolute Gasteiger partial charge is 0.411 e. The van der Waals surface area contributed by atoms with Crippen LogP contribution < -0.4 is 5.32 Å². The van der Waals surface area contributed by atoms with Crippen LogP contribution in [0.4, 0.5) is 10.5 Å². The number of alkyl halides is 1. The number of para-hydroxylation sites is 1. The summed E-state index contributed by atoms with van der Waals surface area (Å²) in [7, 11) is -3.20. The minimum atomic E-state index is -3.20. The average molecular weight is 290 g/mol. The lowest BCUT2D eigenvalue weighted by Crippen LogP contribution is -2.28. The van der Waals surface area contributed by atoms with Crippen LogP contribution in [0.25, 0.3) is 0 Å². The minimum absolute atomic E-state index is 0.155. The molecule has 1 amide bonds. The summed E-state index contributed by atoms with van der Waals surface area (Å²) in [6.07, 6.45) is -1.49. The number of benzene rings is 1. The van der Waals surface area contributed by atoms with Crippen LogP contribution in [0.15, 0.2) is 30.3 Å². The van der Waals surface area contributed by atoms with Gasteiger partial charge in [-0.2, -0.15) is 0 Å². The predicted octanol–water partition coefficient (Wildman–Crippen LogP) is 1.64. The van der Waals surface area contributed by atoms with E-state index in [1.54, 1.807) is 24.3 Å². The van der Waals surface area contributed by atoms with Crippen LogP contribution in [0, 0.1) is 0 Å². The second kappa shape index (κ2) is 5.16. The third-order valence-electron chi connectivity index (χ3n) is 2.51. The average Bonchev–Trinajstić information content (AvgIpc) is 2.53. The Kier molecular flexibility index (Phi) is 3.77. The highest BCUT2D eigenvalue weighted by molar-refractivity contribution is 7.91. The molecule has 5 nitrogen and oxygen atoms in total. The summed E-state index contributed by atoms with van der Waals surface area (Å²) in [5, 5.41) is 1.82. The molecule has 1 saturated heterocycles. The Hall–Kier alpha value is -1.27. The Labute approximate surface area is 110 Å². The standard InChI is InChI=1S/C11H12ClNO4S/c12-9-6-18(15,16)7-10(9)17-11(14)13-8-4-2-1-3-5-8/h1-5,9-10H,6-7H2,(H,13,14)/t9-,10-/m0/s1. The lowest BCUT2D eigenvalue weighted by Gasteiger charge is -2.14. The van der Waals surface area contributed by atoms with E-state index >= 15 is 0 Å². The number of rotatable bonds is 2. The SMILES string of the molecule is O=C(Nc1ccccc1)O[C@H]1CS(=O)(=O)C[C@@H]1Cl. The van der Waals surface area contributed by atoms with Crippen molar-refractivity contribution >= 4 is 33.2 Å². The Morgan fingerprint density at radius 3 is 2.50 bits per heavy atom. The van der Waals surface area contributed by atoms with Crippen molar-refractivity contribution in [3.8, 4) is 0 Å². The van der Waals surface area contributed by atoms with E-state index in [4.69, 9.17) is 16.3 Å². The maximum Gasteiger partial charge on any atom is 0.411 e. The van der Waals surface area contributed by atoms with Gasteiger partial charge >= 0.3 is 6.09 Å². The van der Waals surface area contributed by atoms with E-state index in [2.05, 4.69) is 5.32 Å². The summed E-state index contributed by atoms with van der Waals surface area (Å²) < 4.78 is 27.6. The number of amides is 1. The molecule has 0 unspecified atom stereocenters. The molecule has 1 aromatic rings. The van der Waals surface area contributed by atoms with Crippen molar-refractivity contribution in [2.45, 2.75) is 11.5 Å². The van der Waals surface area contributed by atoms with Crippen molar-refractivity contribution in [2.75, 3.05) is 16.8 Å². The highest BCUT2D eigenvalue weighted by atomic mass is 35.5. The van der Waals surface area contributed by atoms with Gasteiger partial charge in [0, 0.05) is 5.69 Å². The van der Waals surface area contributed by atoms with Crippen molar-refractivity contribution in [3.63, 3.8) is 0 Å². The number of hydrogen-bond acceptors (Lipinski definition) is 4. The zero-order chi connectivity index (χ0) is 13.2. The summed E-state index contributed by atoms with van der Waals surface area (Å²) in [6.45, 7) is 0. The number of ether oxygens (including phenoxy) is 1. The topological polar surface area (TPSA) is 72.5 Å². The Balaban J connectivity index is 1.93. The third-order valence-corrected chi connectivity index (χ3v) is 4.84. The van der Waals surface area contributed by atoms with Gasteiger partial charge in [-0.15, -0.1) is 11.6 Å². The van der Waals surface area contributed by atoms with Gasteiger partial charge in [0.1, 0.15) is 6.10 Å². The molecular formula is C11H12ClNO4S. The number of hydrogen-bond donors (Lipinski definition) is 1. The monoisotopic (exact) mass is 289 g/mol. The largest absolute Gasteiger partial charge is 0.443 e. The van der Waals surface area contributed by atoms with E-state index in [9.17, 15) is 13.2 Å². The van der Waals surface area contributed by atoms with Gasteiger partial charge < -0.3 is 4.74 Å². The summed E-state index contributed by atoms with van der Waals surface area (Å²) in [6, 6.07) is 8.74. The van der Waals surface area contributed by atoms with Gasteiger partial charge in [-0.1, -0.05) is 18.2 Å². The second-order valence-electron chi connectivity index (χ2n) is 4.03. The molecule has 1 fully saturated rings. The summed E-state index contributed by atoms with van der Waals surface area (Å²) >= 11 is 5.83. The Morgan fingerprint density at radius 2 is 1.94 bits per heavy atom. The summed E-state index contributed by atoms with van der Waals surface area (Å²) in [5.41, 5.74) is 0.578. The van der Waals surface area contributed by atoms with Crippen LogP contribution in [0.5, 0.6) is 0 Å². The molecule has 2 atom stereocenters. The van der Waals surface area contributed by atoms with E-state index in [0.717, 1.165) is 0 Å². The first kappa shape index (κ1) is 13.2. The molecule has 1 aromatic carbocycles. The Bertz CT molecular complexity index is 531. The molecular weight excluding hydrogens is 278 g/mol. The maximum atomic E-state index is 11.5. The zero-order valence-corrected chi connectivity index (χ0v) is 10.9. The van der Waals surface area contributed by atoms with Crippen molar-refractivity contribution in [2.24, 2.45) is 0 Å². The lowest BCUT2D eigenvalue weighted by molar-refractivity contribution is 0.125. The van der Waals surface area contributed by atoms with Crippen LogP contribution in [-0.4, -0.2) is 37.5 Å². The first-order valence-corrected chi connectivity index (χ1v) is 7.59. The normalized spacial score (nSPS) is 25.6. The van der Waals surface area contributed by atoms with Crippen LogP contribution >= 0.6 is 11.6 Å². The van der Waals surface area contributed by atoms with Crippen molar-refractivity contribution < 1.29 is 17.9 Å². The van der Waals surface area contributed by atoms with Gasteiger partial charge in [0.25, 0.3) is 0 Å². The molecule has 98 valence electrons. The van der Waals surface area contributed by atoms with E-state index in [1.807, 2.05) is 6.07 Å². The molecule has 1 aliphatic heterocycles. The fourth-order valence-electron chi connectivity index (χ4n) is 1.69. The highest BCUT2D eigenvalue weighted by Gasteiger charge is 2.39. The van der Waals surface area contributed by atoms with Gasteiger partial charge in [-0.05, 0) is 12.1 Å². The number of carbonyl (C=O) groups excluding carboxylic acids is 1. The summed E-state index contributed by atoms with van der Waals surface area (Å²) in [4.78, 5) is 11.5. The quantitative estimate of drug-likeness (QED) is 0.840. The number of carbonyl (C=O) groups is 1. The molecule has 7 heteroatoms. The second-order valence-corrected chi connectivity index (χ2v) is 6.74. The Morgan fingerprint density at radius 1 is 1.28 bits per heavy atom. The molecule has 18 heavy (non-hydrogen) atoms. The molecule has 0 bridgehead atoms. The minimum Gasteiger partial charge on any atom is -0.443 e. The van der Waals surface area contributed by atoms with Gasteiger partial charge in [-0.3, -0.25) is 5.32 Å². The van der Waals surface area contributed by atoms with Crippen molar-refractivity contribution in [1.82, 2.24) is 0 Å². The molecule has 0 saturated carbocycles. The first-order valence-electron chi connectivity index (χ1n) is 5.33. The number of nitrogens with one attached hydrogen (secondary N) is 1. The fourth-order valence-corrected chi connectivity index (χ4v) is 4.15. The molecule has 0 spiro atoms. The van der Waals surface area contributed by atoms with Crippen LogP contribution in [-0.2, 0) is 14.6 Å². The highest BCUT2D eigenvalue weighted by Crippen LogP contribution is 2.21. The van der Waals surface area contributed by atoms with Gasteiger partial charge in [0.2, 0.25) is 0 Å². The van der Waals surface area contributed by atoms with Crippen molar-refractivity contribution in [3.05, 3.63) is 30.3 Å². The summed E-state index contributed by atoms with van der Waals surface area (Å²) in [5.74, 6) is -0.374. The van der Waals surface area contributed by atoms with Crippen LogP contribution in [0.3, 0.4) is 0 Å². The van der Waals surface area contributed by atoms with Gasteiger partial charge in [-0.25, -0.2) is 13.2 Å². The van der Waals surface area contributed by atoms with E-state index in [1.165, 1.54) is 0 Å². The predicted molar refractivity (Wildman–Crippen MR) is 68.6 cm³/mol. The number of halogens is 1. The van der Waals surface area contributed by atoms with Gasteiger partial charge in [0.15, 0.2) is 9.84 Å². The third kappa shape index (κ3) is 3.36. The molecule has 0 radical (unpaired) electrons. The van der Waals surface area contributed by atoms with E-state index < -0.39 is 27.4 Å². The molecule has 1 N–H and O–H groups in total. The van der Waals surface area contributed by atoms with Gasteiger partial charge in [0.05, 0.1) is 16.9 Å². The zero-order valence-electron chi connectivity index (χ0n) is 9.37. The van der Waals surface area contributed by atoms with Crippen LogP contribution in [0.2, 0.25) is 0 Å². The fraction of sp³-hybridized carbons (Fsp3) is 0.364. The molecule has 1 aliphatic rings. The van der Waals surface area contributed by atoms with E-state index in [-0.39, 0.29) is 11.5 Å². The van der Waals surface area contributed by atoms with Crippen LogP contribution in [0.1, 0.15) is 0 Å². The first-order chi connectivity index (χ1) is 8.46. The lowest BCUT2D eigenvalue weighted by atomic mass is 10.3. The molecule has 1 heterocycles.